The van der Waals surface area contributed by atoms with Gasteiger partial charge < -0.3 is 10.6 Å². The van der Waals surface area contributed by atoms with E-state index in [-0.39, 0.29) is 10.8 Å². The van der Waals surface area contributed by atoms with Gasteiger partial charge in [0.25, 0.3) is 0 Å². The summed E-state index contributed by atoms with van der Waals surface area (Å²) in [5.74, 6) is -0.0810. The molecule has 1 aromatic rings. The molecule has 0 spiro atoms. The fourth-order valence-corrected chi connectivity index (χ4v) is 2.68. The molecule has 0 atom stereocenters. The summed E-state index contributed by atoms with van der Waals surface area (Å²) in [7, 11) is -1.61. The van der Waals surface area contributed by atoms with E-state index in [1.165, 1.54) is 12.1 Å². The van der Waals surface area contributed by atoms with Crippen LogP contribution in [0.1, 0.15) is 19.8 Å². The minimum atomic E-state index is -3.44. The van der Waals surface area contributed by atoms with Crippen LogP contribution in [0.4, 0.5) is 5.69 Å². The zero-order chi connectivity index (χ0) is 15.0. The van der Waals surface area contributed by atoms with Crippen molar-refractivity contribution < 1.29 is 13.2 Å². The highest BCUT2D eigenvalue weighted by Crippen LogP contribution is 2.14. The summed E-state index contributed by atoms with van der Waals surface area (Å²) in [6, 6.07) is 6.11. The van der Waals surface area contributed by atoms with Crippen molar-refractivity contribution in [3.8, 4) is 0 Å². The number of anilines is 1. The Balaban J connectivity index is 2.61. The van der Waals surface area contributed by atoms with Crippen molar-refractivity contribution in [2.45, 2.75) is 24.7 Å². The van der Waals surface area contributed by atoms with E-state index in [0.717, 1.165) is 13.0 Å². The molecule has 0 aromatic heterocycles. The van der Waals surface area contributed by atoms with Crippen LogP contribution < -0.4 is 15.4 Å². The molecule has 1 aromatic carbocycles. The summed E-state index contributed by atoms with van der Waals surface area (Å²) in [6.07, 6.45) is 1.19. The third kappa shape index (κ3) is 5.28. The van der Waals surface area contributed by atoms with Gasteiger partial charge in [0.05, 0.1) is 4.90 Å². The first-order valence-electron chi connectivity index (χ1n) is 6.53. The van der Waals surface area contributed by atoms with E-state index >= 15 is 0 Å². The Labute approximate surface area is 120 Å². The molecule has 20 heavy (non-hydrogen) atoms. The number of hydrogen-bond donors (Lipinski definition) is 3. The molecule has 3 N–H and O–H groups in total. The van der Waals surface area contributed by atoms with Gasteiger partial charge in [0.2, 0.25) is 15.9 Å². The Morgan fingerprint density at radius 1 is 1.20 bits per heavy atom. The van der Waals surface area contributed by atoms with Crippen molar-refractivity contribution in [1.82, 2.24) is 10.0 Å². The number of amides is 1. The van der Waals surface area contributed by atoms with Crippen molar-refractivity contribution in [3.63, 3.8) is 0 Å². The molecule has 0 unspecified atom stereocenters. The van der Waals surface area contributed by atoms with Crippen LogP contribution in [0.25, 0.3) is 0 Å². The molecular weight excluding hydrogens is 278 g/mol. The molecule has 0 saturated heterocycles. The lowest BCUT2D eigenvalue weighted by molar-refractivity contribution is -0.116. The highest BCUT2D eigenvalue weighted by Gasteiger charge is 2.12. The van der Waals surface area contributed by atoms with Crippen LogP contribution in [-0.4, -0.2) is 34.5 Å². The third-order valence-electron chi connectivity index (χ3n) is 2.61. The van der Waals surface area contributed by atoms with Crippen LogP contribution in [0.15, 0.2) is 29.2 Å². The predicted molar refractivity (Wildman–Crippen MR) is 79.1 cm³/mol. The van der Waals surface area contributed by atoms with Gasteiger partial charge in [-0.15, -0.1) is 0 Å². The highest BCUT2D eigenvalue weighted by atomic mass is 32.2. The molecule has 6 nitrogen and oxygen atoms in total. The first-order chi connectivity index (χ1) is 9.49. The maximum Gasteiger partial charge on any atom is 0.240 e. The standard InChI is InChI=1S/C13H21N3O3S/c1-3-15-20(18,19)12-8-6-11(7-9-12)16-13(17)5-4-10-14-2/h6-9,14-15H,3-5,10H2,1-2H3,(H,16,17). The first-order valence-corrected chi connectivity index (χ1v) is 8.02. The summed E-state index contributed by atoms with van der Waals surface area (Å²) in [5, 5.41) is 5.70. The SMILES string of the molecule is CCNS(=O)(=O)c1ccc(NC(=O)CCCNC)cc1. The van der Waals surface area contributed by atoms with E-state index < -0.39 is 10.0 Å². The summed E-state index contributed by atoms with van der Waals surface area (Å²) in [6.45, 7) is 2.84. The summed E-state index contributed by atoms with van der Waals surface area (Å²) >= 11 is 0. The van der Waals surface area contributed by atoms with E-state index in [9.17, 15) is 13.2 Å². The van der Waals surface area contributed by atoms with E-state index in [0.29, 0.717) is 18.7 Å². The molecule has 0 fully saturated rings. The Hall–Kier alpha value is -1.44. The number of benzene rings is 1. The topological polar surface area (TPSA) is 87.3 Å². The van der Waals surface area contributed by atoms with Crippen molar-refractivity contribution in [2.75, 3.05) is 25.5 Å². The van der Waals surface area contributed by atoms with Crippen molar-refractivity contribution in [2.24, 2.45) is 0 Å². The van der Waals surface area contributed by atoms with Gasteiger partial charge in [-0.25, -0.2) is 13.1 Å². The number of rotatable bonds is 8. The minimum absolute atomic E-state index is 0.0810. The van der Waals surface area contributed by atoms with E-state index in [4.69, 9.17) is 0 Å². The van der Waals surface area contributed by atoms with Crippen LogP contribution in [0.2, 0.25) is 0 Å². The van der Waals surface area contributed by atoms with Crippen LogP contribution in [-0.2, 0) is 14.8 Å². The molecule has 1 amide bonds. The second-order valence-electron chi connectivity index (χ2n) is 4.28. The number of carbonyl (C=O) groups is 1. The van der Waals surface area contributed by atoms with Gasteiger partial charge in [-0.1, -0.05) is 6.92 Å². The summed E-state index contributed by atoms with van der Waals surface area (Å²) < 4.78 is 25.9. The van der Waals surface area contributed by atoms with Crippen LogP contribution in [0, 0.1) is 0 Å². The first kappa shape index (κ1) is 16.6. The van der Waals surface area contributed by atoms with Crippen molar-refractivity contribution in [3.05, 3.63) is 24.3 Å². The van der Waals surface area contributed by atoms with E-state index in [1.807, 2.05) is 7.05 Å². The zero-order valence-corrected chi connectivity index (χ0v) is 12.6. The second kappa shape index (κ2) is 7.98. The lowest BCUT2D eigenvalue weighted by Crippen LogP contribution is -2.23. The molecule has 7 heteroatoms. The Kier molecular flexibility index (Phi) is 6.63. The number of nitrogens with one attached hydrogen (secondary N) is 3. The molecule has 0 aliphatic carbocycles. The smallest absolute Gasteiger partial charge is 0.240 e. The Morgan fingerprint density at radius 3 is 2.40 bits per heavy atom. The van der Waals surface area contributed by atoms with Gasteiger partial charge >= 0.3 is 0 Å². The summed E-state index contributed by atoms with van der Waals surface area (Å²) in [5.41, 5.74) is 0.593. The summed E-state index contributed by atoms with van der Waals surface area (Å²) in [4.78, 5) is 11.8. The van der Waals surface area contributed by atoms with Gasteiger partial charge in [0.1, 0.15) is 0 Å². The molecule has 0 radical (unpaired) electrons. The fraction of sp³-hybridized carbons (Fsp3) is 0.462. The van der Waals surface area contributed by atoms with Crippen LogP contribution in [0.3, 0.4) is 0 Å². The fourth-order valence-electron chi connectivity index (χ4n) is 1.64. The quantitative estimate of drug-likeness (QED) is 0.623. The maximum absolute atomic E-state index is 11.7. The molecule has 0 heterocycles. The largest absolute Gasteiger partial charge is 0.326 e. The maximum atomic E-state index is 11.7. The average molecular weight is 299 g/mol. The van der Waals surface area contributed by atoms with Gasteiger partial charge in [0.15, 0.2) is 0 Å². The van der Waals surface area contributed by atoms with E-state index in [2.05, 4.69) is 15.4 Å². The minimum Gasteiger partial charge on any atom is -0.326 e. The highest BCUT2D eigenvalue weighted by molar-refractivity contribution is 7.89. The molecule has 0 bridgehead atoms. The molecule has 0 saturated carbocycles. The number of sulfonamides is 1. The van der Waals surface area contributed by atoms with E-state index in [1.54, 1.807) is 19.1 Å². The molecule has 112 valence electrons. The predicted octanol–water partition coefficient (Wildman–Crippen LogP) is 0.923. The van der Waals surface area contributed by atoms with Crippen LogP contribution in [0.5, 0.6) is 0 Å². The third-order valence-corrected chi connectivity index (χ3v) is 4.17. The van der Waals surface area contributed by atoms with Crippen molar-refractivity contribution >= 4 is 21.6 Å². The average Bonchev–Trinajstić information content (AvgIpc) is 2.39. The lowest BCUT2D eigenvalue weighted by atomic mass is 10.2. The molecular formula is C13H21N3O3S. The second-order valence-corrected chi connectivity index (χ2v) is 6.05. The van der Waals surface area contributed by atoms with Gasteiger partial charge in [-0.05, 0) is 44.3 Å². The van der Waals surface area contributed by atoms with Gasteiger partial charge in [-0.3, -0.25) is 4.79 Å². The van der Waals surface area contributed by atoms with Gasteiger partial charge in [-0.2, -0.15) is 0 Å². The zero-order valence-electron chi connectivity index (χ0n) is 11.8. The molecule has 0 aliphatic heterocycles. The normalized spacial score (nSPS) is 11.3. The molecule has 0 aliphatic rings. The monoisotopic (exact) mass is 299 g/mol. The van der Waals surface area contributed by atoms with Crippen LogP contribution >= 0.6 is 0 Å². The molecule has 1 rings (SSSR count). The van der Waals surface area contributed by atoms with Crippen molar-refractivity contribution in [1.29, 1.82) is 0 Å². The Bertz CT molecular complexity index is 526. The van der Waals surface area contributed by atoms with Gasteiger partial charge in [0, 0.05) is 18.7 Å². The lowest BCUT2D eigenvalue weighted by Gasteiger charge is -2.07. The number of hydrogen-bond acceptors (Lipinski definition) is 4. The Morgan fingerprint density at radius 2 is 1.85 bits per heavy atom. The number of carbonyl (C=O) groups excluding carboxylic acids is 1.